The zero-order chi connectivity index (χ0) is 13.1. The minimum absolute atomic E-state index is 0.0162. The number of nitrogens with zero attached hydrogens (tertiary/aromatic N) is 1. The monoisotopic (exact) mass is 266 g/mol. The van der Waals surface area contributed by atoms with Gasteiger partial charge in [-0.25, -0.2) is 0 Å². The van der Waals surface area contributed by atoms with E-state index in [0.717, 1.165) is 38.4 Å². The van der Waals surface area contributed by atoms with Gasteiger partial charge < -0.3 is 19.7 Å². The fourth-order valence-corrected chi connectivity index (χ4v) is 3.26. The van der Waals surface area contributed by atoms with Gasteiger partial charge in [0.1, 0.15) is 19.5 Å². The molecule has 19 heavy (non-hydrogen) atoms. The van der Waals surface area contributed by atoms with Crippen molar-refractivity contribution in [3.8, 4) is 0 Å². The van der Waals surface area contributed by atoms with Gasteiger partial charge in [-0.05, 0) is 38.1 Å². The molecule has 0 saturated carbocycles. The Morgan fingerprint density at radius 3 is 2.74 bits per heavy atom. The quantitative estimate of drug-likeness (QED) is 0.805. The molecule has 0 bridgehead atoms. The van der Waals surface area contributed by atoms with E-state index >= 15 is 0 Å². The van der Waals surface area contributed by atoms with Gasteiger partial charge >= 0.3 is 0 Å². The lowest BCUT2D eigenvalue weighted by molar-refractivity contribution is -0.133. The Morgan fingerprint density at radius 2 is 2.11 bits per heavy atom. The Kier molecular flexibility index (Phi) is 3.92. The van der Waals surface area contributed by atoms with Gasteiger partial charge in [0.05, 0.1) is 0 Å². The molecule has 0 aromatic carbocycles. The summed E-state index contributed by atoms with van der Waals surface area (Å²) in [5, 5.41) is 3.57. The first kappa shape index (κ1) is 12.8. The summed E-state index contributed by atoms with van der Waals surface area (Å²) in [7, 11) is 0. The number of ether oxygens (including phenoxy) is 2. The third-order valence-corrected chi connectivity index (χ3v) is 4.35. The molecule has 3 aliphatic rings. The van der Waals surface area contributed by atoms with E-state index in [1.807, 2.05) is 4.90 Å². The molecule has 0 spiro atoms. The van der Waals surface area contributed by atoms with Crippen LogP contribution in [0.1, 0.15) is 25.7 Å². The summed E-state index contributed by atoms with van der Waals surface area (Å²) in [6.45, 7) is 3.83. The van der Waals surface area contributed by atoms with Crippen LogP contribution in [0.15, 0.2) is 12.0 Å². The van der Waals surface area contributed by atoms with Crippen LogP contribution in [0, 0.1) is 5.92 Å². The molecule has 5 heteroatoms. The van der Waals surface area contributed by atoms with Crippen molar-refractivity contribution < 1.29 is 14.3 Å². The number of carbonyl (C=O) groups is 1. The number of piperidine rings is 1. The summed E-state index contributed by atoms with van der Waals surface area (Å²) >= 11 is 0. The highest BCUT2D eigenvalue weighted by Crippen LogP contribution is 2.26. The van der Waals surface area contributed by atoms with Crippen LogP contribution >= 0.6 is 0 Å². The Hall–Kier alpha value is -1.23. The molecule has 2 fully saturated rings. The minimum atomic E-state index is -0.0162. The molecule has 0 aliphatic carbocycles. The van der Waals surface area contributed by atoms with E-state index in [9.17, 15) is 4.79 Å². The number of rotatable bonds is 2. The largest absolute Gasteiger partial charge is 0.494 e. The van der Waals surface area contributed by atoms with Gasteiger partial charge in [-0.2, -0.15) is 0 Å². The van der Waals surface area contributed by atoms with Crippen molar-refractivity contribution in [3.63, 3.8) is 0 Å². The molecule has 0 aromatic rings. The molecule has 106 valence electrons. The lowest BCUT2D eigenvalue weighted by Gasteiger charge is -2.35. The first-order valence-corrected chi connectivity index (χ1v) is 7.32. The van der Waals surface area contributed by atoms with E-state index in [-0.39, 0.29) is 5.91 Å². The van der Waals surface area contributed by atoms with Crippen LogP contribution in [0.3, 0.4) is 0 Å². The van der Waals surface area contributed by atoms with Crippen molar-refractivity contribution in [2.24, 2.45) is 5.92 Å². The van der Waals surface area contributed by atoms with Gasteiger partial charge in [0.15, 0.2) is 0 Å². The fourth-order valence-electron chi connectivity index (χ4n) is 3.26. The maximum Gasteiger partial charge on any atom is 0.292 e. The highest BCUT2D eigenvalue weighted by molar-refractivity contribution is 5.91. The van der Waals surface area contributed by atoms with Crippen LogP contribution in [0.4, 0.5) is 0 Å². The average Bonchev–Trinajstić information content (AvgIpc) is 3.02. The van der Waals surface area contributed by atoms with Gasteiger partial charge in [-0.3, -0.25) is 4.79 Å². The fraction of sp³-hybridized carbons (Fsp3) is 0.786. The topological polar surface area (TPSA) is 50.8 Å². The number of amides is 1. The normalized spacial score (nSPS) is 28.5. The second kappa shape index (κ2) is 5.82. The molecule has 1 amide bonds. The number of nitrogens with one attached hydrogen (secondary N) is 1. The Balaban J connectivity index is 1.51. The molecule has 1 unspecified atom stereocenters. The van der Waals surface area contributed by atoms with Crippen molar-refractivity contribution >= 4 is 5.91 Å². The molecule has 3 aliphatic heterocycles. The van der Waals surface area contributed by atoms with E-state index in [2.05, 4.69) is 5.32 Å². The number of hydrogen-bond acceptors (Lipinski definition) is 4. The van der Waals surface area contributed by atoms with Crippen molar-refractivity contribution in [2.45, 2.75) is 31.7 Å². The number of hydrogen-bond donors (Lipinski definition) is 1. The second-order valence-electron chi connectivity index (χ2n) is 5.53. The Labute approximate surface area is 113 Å². The highest BCUT2D eigenvalue weighted by Gasteiger charge is 2.31. The van der Waals surface area contributed by atoms with E-state index in [1.54, 1.807) is 0 Å². The summed E-state index contributed by atoms with van der Waals surface area (Å²) in [4.78, 5) is 14.1. The van der Waals surface area contributed by atoms with Gasteiger partial charge in [0.25, 0.3) is 5.91 Å². The molecule has 3 heterocycles. The molecular weight excluding hydrogens is 244 g/mol. The molecule has 0 radical (unpaired) electrons. The van der Waals surface area contributed by atoms with Crippen molar-refractivity contribution in [3.05, 3.63) is 12.0 Å². The predicted octanol–water partition coefficient (Wildman–Crippen LogP) is 0.865. The van der Waals surface area contributed by atoms with Gasteiger partial charge in [-0.15, -0.1) is 0 Å². The zero-order valence-electron chi connectivity index (χ0n) is 11.3. The maximum absolute atomic E-state index is 12.2. The summed E-state index contributed by atoms with van der Waals surface area (Å²) in [6.07, 6.45) is 6.23. The lowest BCUT2D eigenvalue weighted by atomic mass is 9.88. The molecule has 1 atom stereocenters. The average molecular weight is 266 g/mol. The number of carbonyl (C=O) groups excluding carboxylic acids is 1. The molecule has 1 N–H and O–H groups in total. The van der Waals surface area contributed by atoms with Crippen molar-refractivity contribution in [2.75, 3.05) is 32.8 Å². The zero-order valence-corrected chi connectivity index (χ0v) is 11.3. The third kappa shape index (κ3) is 2.86. The molecule has 0 aromatic heterocycles. The third-order valence-electron chi connectivity index (χ3n) is 4.35. The van der Waals surface area contributed by atoms with E-state index in [4.69, 9.17) is 9.47 Å². The van der Waals surface area contributed by atoms with E-state index in [0.29, 0.717) is 25.0 Å². The minimum Gasteiger partial charge on any atom is -0.494 e. The van der Waals surface area contributed by atoms with E-state index < -0.39 is 0 Å². The van der Waals surface area contributed by atoms with Crippen LogP contribution in [-0.4, -0.2) is 49.7 Å². The summed E-state index contributed by atoms with van der Waals surface area (Å²) in [5.74, 6) is 1.07. The van der Waals surface area contributed by atoms with Crippen LogP contribution in [0.25, 0.3) is 0 Å². The van der Waals surface area contributed by atoms with Gasteiger partial charge in [0.2, 0.25) is 5.76 Å². The Bertz CT molecular complexity index is 356. The first-order valence-electron chi connectivity index (χ1n) is 7.32. The molecule has 2 saturated heterocycles. The van der Waals surface area contributed by atoms with Crippen molar-refractivity contribution in [1.82, 2.24) is 10.2 Å². The first-order chi connectivity index (χ1) is 9.34. The van der Waals surface area contributed by atoms with Crippen LogP contribution in [0.5, 0.6) is 0 Å². The Morgan fingerprint density at radius 1 is 1.26 bits per heavy atom. The summed E-state index contributed by atoms with van der Waals surface area (Å²) in [5.41, 5.74) is 0. The van der Waals surface area contributed by atoms with Gasteiger partial charge in [0, 0.05) is 19.1 Å². The molecule has 5 nitrogen and oxygen atoms in total. The summed E-state index contributed by atoms with van der Waals surface area (Å²) < 4.78 is 10.5. The SMILES string of the molecule is O=C(C1=COCCO1)N1CCC(C2CCCN2)CC1. The predicted molar refractivity (Wildman–Crippen MR) is 70.3 cm³/mol. The smallest absolute Gasteiger partial charge is 0.292 e. The van der Waals surface area contributed by atoms with E-state index in [1.165, 1.54) is 19.1 Å². The molecular formula is C14H22N2O3. The standard InChI is InChI=1S/C14H22N2O3/c17-14(13-10-18-8-9-19-13)16-6-3-11(4-7-16)12-2-1-5-15-12/h10-12,15H,1-9H2. The maximum atomic E-state index is 12.2. The van der Waals surface area contributed by atoms with Gasteiger partial charge in [-0.1, -0.05) is 0 Å². The van der Waals surface area contributed by atoms with Crippen molar-refractivity contribution in [1.29, 1.82) is 0 Å². The van der Waals surface area contributed by atoms with Crippen LogP contribution in [-0.2, 0) is 14.3 Å². The lowest BCUT2D eigenvalue weighted by Crippen LogP contribution is -2.44. The van der Waals surface area contributed by atoms with Crippen LogP contribution < -0.4 is 5.32 Å². The van der Waals surface area contributed by atoms with Crippen LogP contribution in [0.2, 0.25) is 0 Å². The summed E-state index contributed by atoms with van der Waals surface area (Å²) in [6, 6.07) is 0.672. The molecule has 3 rings (SSSR count). The second-order valence-corrected chi connectivity index (χ2v) is 5.53. The highest BCUT2D eigenvalue weighted by atomic mass is 16.6. The number of likely N-dealkylation sites (tertiary alicyclic amines) is 1.